The summed E-state index contributed by atoms with van der Waals surface area (Å²) in [5.41, 5.74) is 8.17. The van der Waals surface area contributed by atoms with Gasteiger partial charge in [-0.15, -0.1) is 0 Å². The molecule has 4 N–H and O–H groups in total. The van der Waals surface area contributed by atoms with Gasteiger partial charge in [-0.3, -0.25) is 4.72 Å². The van der Waals surface area contributed by atoms with Crippen LogP contribution in [0.2, 0.25) is 5.02 Å². The number of nitrogens with two attached hydrogens (primary N) is 1. The minimum Gasteiger partial charge on any atom is -0.361 e. The van der Waals surface area contributed by atoms with E-state index in [4.69, 9.17) is 17.3 Å². The molecule has 150 valence electrons. The summed E-state index contributed by atoms with van der Waals surface area (Å²) in [6, 6.07) is 15.8. The fraction of sp³-hybridized carbons (Fsp3) is 0.182. The van der Waals surface area contributed by atoms with Crippen molar-refractivity contribution in [2.24, 2.45) is 5.73 Å². The Morgan fingerprint density at radius 2 is 1.76 bits per heavy atom. The third-order valence-electron chi connectivity index (χ3n) is 5.29. The summed E-state index contributed by atoms with van der Waals surface area (Å²) in [6.45, 7) is 4.60. The van der Waals surface area contributed by atoms with Crippen LogP contribution in [0.25, 0.3) is 21.7 Å². The maximum atomic E-state index is 13.2. The number of fused-ring (bicyclic) bond motifs is 2. The van der Waals surface area contributed by atoms with E-state index in [-0.39, 0.29) is 10.3 Å². The molecule has 0 fully saturated rings. The van der Waals surface area contributed by atoms with Crippen LogP contribution in [0.1, 0.15) is 19.4 Å². The summed E-state index contributed by atoms with van der Waals surface area (Å²) < 4.78 is 29.0. The lowest BCUT2D eigenvalue weighted by atomic mass is 9.84. The Labute approximate surface area is 174 Å². The predicted molar refractivity (Wildman–Crippen MR) is 120 cm³/mol. The van der Waals surface area contributed by atoms with Crippen LogP contribution >= 0.6 is 11.6 Å². The van der Waals surface area contributed by atoms with E-state index in [1.807, 2.05) is 24.4 Å². The van der Waals surface area contributed by atoms with E-state index >= 15 is 0 Å². The number of nitrogens with one attached hydrogen (secondary N) is 2. The highest BCUT2D eigenvalue weighted by atomic mass is 35.5. The standard InChI is InChI=1S/C22H22ClN3O2S/c1-22(2,13-24)18-12-25-20-10-9-14(11-17(18)20)26-29(27,28)21-8-4-5-15-16(21)6-3-7-19(15)23/h3-12,25-26H,13,24H2,1-2H3. The van der Waals surface area contributed by atoms with Gasteiger partial charge in [-0.05, 0) is 35.9 Å². The van der Waals surface area contributed by atoms with Crippen molar-refractivity contribution in [3.63, 3.8) is 0 Å². The van der Waals surface area contributed by atoms with E-state index in [2.05, 4.69) is 23.6 Å². The maximum absolute atomic E-state index is 13.2. The highest BCUT2D eigenvalue weighted by molar-refractivity contribution is 7.93. The molecule has 0 radical (unpaired) electrons. The summed E-state index contributed by atoms with van der Waals surface area (Å²) >= 11 is 6.24. The van der Waals surface area contributed by atoms with Crippen molar-refractivity contribution in [1.29, 1.82) is 0 Å². The fourth-order valence-corrected chi connectivity index (χ4v) is 5.05. The van der Waals surface area contributed by atoms with Crippen molar-refractivity contribution in [3.05, 3.63) is 71.4 Å². The van der Waals surface area contributed by atoms with Gasteiger partial charge in [0.15, 0.2) is 0 Å². The summed E-state index contributed by atoms with van der Waals surface area (Å²) in [6.07, 6.45) is 1.93. The fourth-order valence-electron chi connectivity index (χ4n) is 3.54. The van der Waals surface area contributed by atoms with E-state index in [1.54, 1.807) is 36.4 Å². The second-order valence-corrected chi connectivity index (χ2v) is 9.81. The first kappa shape index (κ1) is 19.8. The molecule has 4 aromatic rings. The number of sulfonamides is 1. The monoisotopic (exact) mass is 427 g/mol. The third-order valence-corrected chi connectivity index (χ3v) is 7.06. The number of halogens is 1. The highest BCUT2D eigenvalue weighted by Gasteiger charge is 2.23. The SMILES string of the molecule is CC(C)(CN)c1c[nH]c2ccc(NS(=O)(=O)c3cccc4c(Cl)cccc34)cc12. The Balaban J connectivity index is 1.79. The molecule has 0 aliphatic heterocycles. The molecule has 0 aliphatic carbocycles. The van der Waals surface area contributed by atoms with Gasteiger partial charge in [-0.1, -0.05) is 49.7 Å². The zero-order valence-corrected chi connectivity index (χ0v) is 17.7. The second kappa shape index (κ2) is 7.06. The molecule has 4 rings (SSSR count). The van der Waals surface area contributed by atoms with Crippen LogP contribution in [0, 0.1) is 0 Å². The Morgan fingerprint density at radius 3 is 2.52 bits per heavy atom. The van der Waals surface area contributed by atoms with Crippen molar-refractivity contribution in [1.82, 2.24) is 4.98 Å². The number of rotatable bonds is 5. The normalized spacial score (nSPS) is 12.6. The second-order valence-electron chi connectivity index (χ2n) is 7.75. The lowest BCUT2D eigenvalue weighted by Crippen LogP contribution is -2.27. The minimum atomic E-state index is -3.81. The molecular weight excluding hydrogens is 406 g/mol. The van der Waals surface area contributed by atoms with Crippen molar-refractivity contribution in [3.8, 4) is 0 Å². The van der Waals surface area contributed by atoms with E-state index in [0.29, 0.717) is 28.0 Å². The largest absolute Gasteiger partial charge is 0.361 e. The number of hydrogen-bond acceptors (Lipinski definition) is 3. The van der Waals surface area contributed by atoms with E-state index in [9.17, 15) is 8.42 Å². The van der Waals surface area contributed by atoms with E-state index in [0.717, 1.165) is 16.5 Å². The first-order valence-corrected chi connectivity index (χ1v) is 11.1. The molecule has 0 amide bonds. The van der Waals surface area contributed by atoms with Crippen molar-refractivity contribution >= 4 is 49.0 Å². The van der Waals surface area contributed by atoms with Crippen molar-refractivity contribution < 1.29 is 8.42 Å². The van der Waals surface area contributed by atoms with E-state index in [1.165, 1.54) is 0 Å². The Kier molecular flexibility index (Phi) is 4.81. The molecule has 1 aromatic heterocycles. The predicted octanol–water partition coefficient (Wildman–Crippen LogP) is 5.01. The summed E-state index contributed by atoms with van der Waals surface area (Å²) in [7, 11) is -3.81. The van der Waals surface area contributed by atoms with Gasteiger partial charge in [0.1, 0.15) is 0 Å². The smallest absolute Gasteiger partial charge is 0.262 e. The number of benzene rings is 3. The average Bonchev–Trinajstić information content (AvgIpc) is 3.11. The third kappa shape index (κ3) is 3.48. The zero-order chi connectivity index (χ0) is 20.8. The zero-order valence-electron chi connectivity index (χ0n) is 16.2. The van der Waals surface area contributed by atoms with Gasteiger partial charge in [0, 0.05) is 50.5 Å². The molecule has 3 aromatic carbocycles. The Bertz CT molecular complexity index is 1330. The van der Waals surface area contributed by atoms with Crippen LogP contribution in [0.15, 0.2) is 65.7 Å². The van der Waals surface area contributed by atoms with Gasteiger partial charge < -0.3 is 10.7 Å². The lowest BCUT2D eigenvalue weighted by molar-refractivity contribution is 0.544. The van der Waals surface area contributed by atoms with Crippen LogP contribution in [0.4, 0.5) is 5.69 Å². The number of anilines is 1. The van der Waals surface area contributed by atoms with Gasteiger partial charge in [0.2, 0.25) is 0 Å². The summed E-state index contributed by atoms with van der Waals surface area (Å²) in [5.74, 6) is 0. The molecule has 0 unspecified atom stereocenters. The summed E-state index contributed by atoms with van der Waals surface area (Å²) in [5, 5.41) is 2.74. The van der Waals surface area contributed by atoms with Crippen LogP contribution in [0.3, 0.4) is 0 Å². The molecule has 0 atom stereocenters. The average molecular weight is 428 g/mol. The van der Waals surface area contributed by atoms with Crippen LogP contribution in [-0.2, 0) is 15.4 Å². The van der Waals surface area contributed by atoms with Gasteiger partial charge in [0.25, 0.3) is 10.0 Å². The number of aromatic amines is 1. The van der Waals surface area contributed by atoms with Gasteiger partial charge >= 0.3 is 0 Å². The molecule has 1 heterocycles. The maximum Gasteiger partial charge on any atom is 0.262 e. The highest BCUT2D eigenvalue weighted by Crippen LogP contribution is 2.33. The number of H-pyrrole nitrogens is 1. The molecule has 0 bridgehead atoms. The topological polar surface area (TPSA) is 88.0 Å². The molecular formula is C22H22ClN3O2S. The quantitative estimate of drug-likeness (QED) is 0.418. The molecule has 0 aliphatic rings. The molecule has 0 spiro atoms. The molecule has 7 heteroatoms. The minimum absolute atomic E-state index is 0.189. The van der Waals surface area contributed by atoms with Gasteiger partial charge in [0.05, 0.1) is 4.90 Å². The lowest BCUT2D eigenvalue weighted by Gasteiger charge is -2.22. The van der Waals surface area contributed by atoms with Gasteiger partial charge in [-0.25, -0.2) is 8.42 Å². The number of hydrogen-bond donors (Lipinski definition) is 3. The van der Waals surface area contributed by atoms with Gasteiger partial charge in [-0.2, -0.15) is 0 Å². The molecule has 5 nitrogen and oxygen atoms in total. The summed E-state index contributed by atoms with van der Waals surface area (Å²) in [4.78, 5) is 3.42. The van der Waals surface area contributed by atoms with Crippen LogP contribution in [0.5, 0.6) is 0 Å². The molecule has 0 saturated carbocycles. The van der Waals surface area contributed by atoms with E-state index < -0.39 is 10.0 Å². The van der Waals surface area contributed by atoms with Crippen molar-refractivity contribution in [2.75, 3.05) is 11.3 Å². The molecule has 0 saturated heterocycles. The Morgan fingerprint density at radius 1 is 1.03 bits per heavy atom. The number of aromatic nitrogens is 1. The van der Waals surface area contributed by atoms with Crippen molar-refractivity contribution in [2.45, 2.75) is 24.2 Å². The van der Waals surface area contributed by atoms with Crippen LogP contribution < -0.4 is 10.5 Å². The molecule has 29 heavy (non-hydrogen) atoms. The van der Waals surface area contributed by atoms with Crippen LogP contribution in [-0.4, -0.2) is 19.9 Å². The Hall–Kier alpha value is -2.54. The first-order chi connectivity index (χ1) is 13.7. The first-order valence-electron chi connectivity index (χ1n) is 9.25.